The monoisotopic (exact) mass is 290 g/mol. The van der Waals surface area contributed by atoms with Gasteiger partial charge in [-0.1, -0.05) is 13.8 Å². The van der Waals surface area contributed by atoms with Crippen LogP contribution in [0.1, 0.15) is 27.2 Å². The van der Waals surface area contributed by atoms with Crippen LogP contribution in [-0.4, -0.2) is 54.5 Å². The summed E-state index contributed by atoms with van der Waals surface area (Å²) in [4.78, 5) is 25.2. The molecule has 0 bridgehead atoms. The molecule has 0 unspecified atom stereocenters. The molecule has 0 saturated carbocycles. The van der Waals surface area contributed by atoms with Gasteiger partial charge in [-0.25, -0.2) is 0 Å². The van der Waals surface area contributed by atoms with Crippen molar-refractivity contribution in [1.82, 2.24) is 4.90 Å². The van der Waals surface area contributed by atoms with Gasteiger partial charge in [-0.15, -0.1) is 0 Å². The van der Waals surface area contributed by atoms with E-state index in [4.69, 9.17) is 10.5 Å². The number of hydrogen-bond donors (Lipinski definition) is 1. The molecule has 0 fully saturated rings. The van der Waals surface area contributed by atoms with E-state index in [-0.39, 0.29) is 24.3 Å². The normalized spacial score (nSPS) is 12.3. The Balaban J connectivity index is 4.54. The van der Waals surface area contributed by atoms with Crippen molar-refractivity contribution in [2.45, 2.75) is 33.2 Å². The lowest BCUT2D eigenvalue weighted by molar-refractivity contribution is -0.149. The average molecular weight is 290 g/mol. The molecule has 0 spiro atoms. The second-order valence-corrected chi connectivity index (χ2v) is 5.79. The van der Waals surface area contributed by atoms with Crippen molar-refractivity contribution in [3.8, 4) is 0 Å². The van der Waals surface area contributed by atoms with Crippen molar-refractivity contribution in [3.63, 3.8) is 0 Å². The zero-order chi connectivity index (χ0) is 14.8. The summed E-state index contributed by atoms with van der Waals surface area (Å²) in [6, 6.07) is -0.541. The van der Waals surface area contributed by atoms with E-state index >= 15 is 0 Å². The maximum absolute atomic E-state index is 12.2. The zero-order valence-electron chi connectivity index (χ0n) is 12.3. The molecule has 1 atom stereocenters. The Bertz CT molecular complexity index is 285. The molecule has 19 heavy (non-hydrogen) atoms. The number of esters is 1. The van der Waals surface area contributed by atoms with Gasteiger partial charge in [0.2, 0.25) is 5.91 Å². The minimum atomic E-state index is -0.541. The number of nitrogens with zero attached hydrogens (tertiary/aromatic N) is 1. The summed E-state index contributed by atoms with van der Waals surface area (Å²) < 4.78 is 4.89. The highest BCUT2D eigenvalue weighted by molar-refractivity contribution is 7.98. The fourth-order valence-corrected chi connectivity index (χ4v) is 2.13. The molecule has 0 aromatic heterocycles. The van der Waals surface area contributed by atoms with E-state index in [1.165, 1.54) is 4.90 Å². The van der Waals surface area contributed by atoms with E-state index in [1.807, 2.05) is 20.1 Å². The fraction of sp³-hybridized carbons (Fsp3) is 0.846. The zero-order valence-corrected chi connectivity index (χ0v) is 13.2. The van der Waals surface area contributed by atoms with Crippen LogP contribution >= 0.6 is 11.8 Å². The highest BCUT2D eigenvalue weighted by Gasteiger charge is 2.23. The van der Waals surface area contributed by atoms with Crippen LogP contribution < -0.4 is 5.73 Å². The first-order chi connectivity index (χ1) is 8.92. The molecule has 0 heterocycles. The number of thioether (sulfide) groups is 1. The van der Waals surface area contributed by atoms with Crippen molar-refractivity contribution >= 4 is 23.6 Å². The van der Waals surface area contributed by atoms with E-state index < -0.39 is 6.04 Å². The first-order valence-corrected chi connectivity index (χ1v) is 8.00. The first kappa shape index (κ1) is 18.2. The SMILES string of the molecule is CCOC(=O)CN(CC(C)C)C(=O)[C@H](N)CCSC. The Hall–Kier alpha value is -0.750. The van der Waals surface area contributed by atoms with E-state index in [1.54, 1.807) is 18.7 Å². The van der Waals surface area contributed by atoms with Crippen LogP contribution in [0.5, 0.6) is 0 Å². The molecule has 0 radical (unpaired) electrons. The lowest BCUT2D eigenvalue weighted by Gasteiger charge is -2.26. The Labute approximate surface area is 120 Å². The van der Waals surface area contributed by atoms with Gasteiger partial charge in [-0.2, -0.15) is 11.8 Å². The van der Waals surface area contributed by atoms with E-state index in [0.717, 1.165) is 5.75 Å². The highest BCUT2D eigenvalue weighted by atomic mass is 32.2. The molecule has 0 aliphatic carbocycles. The van der Waals surface area contributed by atoms with E-state index in [9.17, 15) is 9.59 Å². The highest BCUT2D eigenvalue weighted by Crippen LogP contribution is 2.06. The number of rotatable bonds is 9. The number of ether oxygens (including phenoxy) is 1. The number of carbonyl (C=O) groups is 2. The minimum absolute atomic E-state index is 0.0161. The topological polar surface area (TPSA) is 72.6 Å². The van der Waals surface area contributed by atoms with E-state index in [0.29, 0.717) is 19.6 Å². The second kappa shape index (κ2) is 10.1. The third kappa shape index (κ3) is 8.10. The Morgan fingerprint density at radius 3 is 2.47 bits per heavy atom. The fourth-order valence-electron chi connectivity index (χ4n) is 1.64. The molecule has 0 rings (SSSR count). The standard InChI is InChI=1S/C13H26N2O3S/c1-5-18-12(16)9-15(8-10(2)3)13(17)11(14)6-7-19-4/h10-11H,5-9,14H2,1-4H3/t11-/m1/s1. The van der Waals surface area contributed by atoms with Gasteiger partial charge >= 0.3 is 5.97 Å². The molecular weight excluding hydrogens is 264 g/mol. The minimum Gasteiger partial charge on any atom is -0.465 e. The second-order valence-electron chi connectivity index (χ2n) is 4.81. The number of hydrogen-bond acceptors (Lipinski definition) is 5. The molecule has 0 aliphatic rings. The van der Waals surface area contributed by atoms with Gasteiger partial charge in [0.25, 0.3) is 0 Å². The van der Waals surface area contributed by atoms with Crippen molar-refractivity contribution < 1.29 is 14.3 Å². The Morgan fingerprint density at radius 2 is 2.00 bits per heavy atom. The number of carbonyl (C=O) groups excluding carboxylic acids is 2. The van der Waals surface area contributed by atoms with Gasteiger partial charge in [0, 0.05) is 6.54 Å². The van der Waals surface area contributed by atoms with Crippen LogP contribution in [-0.2, 0) is 14.3 Å². The van der Waals surface area contributed by atoms with Crippen molar-refractivity contribution in [2.24, 2.45) is 11.7 Å². The number of amides is 1. The molecule has 0 aromatic rings. The van der Waals surface area contributed by atoms with Crippen molar-refractivity contribution in [2.75, 3.05) is 31.7 Å². The van der Waals surface area contributed by atoms with Crippen LogP contribution in [0, 0.1) is 5.92 Å². The predicted octanol–water partition coefficient (Wildman–Crippen LogP) is 1.11. The third-order valence-electron chi connectivity index (χ3n) is 2.47. The van der Waals surface area contributed by atoms with Gasteiger partial charge in [0.05, 0.1) is 12.6 Å². The smallest absolute Gasteiger partial charge is 0.325 e. The largest absolute Gasteiger partial charge is 0.465 e. The van der Waals surface area contributed by atoms with Crippen molar-refractivity contribution in [1.29, 1.82) is 0 Å². The van der Waals surface area contributed by atoms with Crippen LogP contribution in [0.25, 0.3) is 0 Å². The Morgan fingerprint density at radius 1 is 1.37 bits per heavy atom. The van der Waals surface area contributed by atoms with Gasteiger partial charge in [-0.3, -0.25) is 9.59 Å². The molecule has 5 nitrogen and oxygen atoms in total. The van der Waals surface area contributed by atoms with Gasteiger partial charge in [0.15, 0.2) is 0 Å². The lowest BCUT2D eigenvalue weighted by Crippen LogP contribution is -2.47. The van der Waals surface area contributed by atoms with Crippen molar-refractivity contribution in [3.05, 3.63) is 0 Å². The first-order valence-electron chi connectivity index (χ1n) is 6.61. The Kier molecular flexibility index (Phi) is 9.69. The van der Waals surface area contributed by atoms with Crippen LogP contribution in [0.3, 0.4) is 0 Å². The molecule has 1 amide bonds. The summed E-state index contributed by atoms with van der Waals surface area (Å²) in [7, 11) is 0. The maximum atomic E-state index is 12.2. The predicted molar refractivity (Wildman–Crippen MR) is 79.0 cm³/mol. The lowest BCUT2D eigenvalue weighted by atomic mass is 10.1. The summed E-state index contributed by atoms with van der Waals surface area (Å²) in [6.45, 7) is 6.57. The maximum Gasteiger partial charge on any atom is 0.325 e. The molecule has 0 aromatic carbocycles. The number of nitrogens with two attached hydrogens (primary N) is 1. The summed E-state index contributed by atoms with van der Waals surface area (Å²) >= 11 is 1.65. The molecule has 6 heteroatoms. The summed E-state index contributed by atoms with van der Waals surface area (Å²) in [5.74, 6) is 0.567. The molecule has 2 N–H and O–H groups in total. The molecule has 0 saturated heterocycles. The average Bonchev–Trinajstić information content (AvgIpc) is 2.33. The third-order valence-corrected chi connectivity index (χ3v) is 3.12. The van der Waals surface area contributed by atoms with Gasteiger partial charge in [-0.05, 0) is 31.3 Å². The quantitative estimate of drug-likeness (QED) is 0.644. The van der Waals surface area contributed by atoms with Gasteiger partial charge < -0.3 is 15.4 Å². The van der Waals surface area contributed by atoms with Crippen LogP contribution in [0.15, 0.2) is 0 Å². The van der Waals surface area contributed by atoms with E-state index in [2.05, 4.69) is 0 Å². The molecule has 112 valence electrons. The summed E-state index contributed by atoms with van der Waals surface area (Å²) in [5.41, 5.74) is 5.87. The summed E-state index contributed by atoms with van der Waals surface area (Å²) in [6.07, 6.45) is 2.60. The van der Waals surface area contributed by atoms with Crippen LogP contribution in [0.2, 0.25) is 0 Å². The molecule has 0 aliphatic heterocycles. The van der Waals surface area contributed by atoms with Gasteiger partial charge in [0.1, 0.15) is 6.54 Å². The summed E-state index contributed by atoms with van der Waals surface area (Å²) in [5, 5.41) is 0. The molecular formula is C13H26N2O3S. The van der Waals surface area contributed by atoms with Crippen LogP contribution in [0.4, 0.5) is 0 Å².